The summed E-state index contributed by atoms with van der Waals surface area (Å²) in [7, 11) is 1.76. The van der Waals surface area contributed by atoms with Crippen molar-refractivity contribution in [2.24, 2.45) is 0 Å². The highest BCUT2D eigenvalue weighted by Gasteiger charge is 2.55. The first kappa shape index (κ1) is 31.2. The number of rotatable bonds is 7. The first-order valence-electron chi connectivity index (χ1n) is 15.8. The van der Waals surface area contributed by atoms with Gasteiger partial charge < -0.3 is 19.7 Å². The topological polar surface area (TPSA) is 123 Å². The van der Waals surface area contributed by atoms with Gasteiger partial charge in [-0.3, -0.25) is 14.4 Å². The molecule has 4 aromatic rings. The van der Waals surface area contributed by atoms with Crippen LogP contribution in [0.3, 0.4) is 0 Å². The molecule has 1 aliphatic carbocycles. The molecule has 7 rings (SSSR count). The van der Waals surface area contributed by atoms with E-state index in [1.54, 1.807) is 61.2 Å². The molecule has 2 aliphatic heterocycles. The summed E-state index contributed by atoms with van der Waals surface area (Å²) >= 11 is 0. The Morgan fingerprint density at radius 2 is 1.79 bits per heavy atom. The Morgan fingerprint density at radius 3 is 2.38 bits per heavy atom. The van der Waals surface area contributed by atoms with Crippen LogP contribution in [0.4, 0.5) is 18.9 Å². The second-order valence-electron chi connectivity index (χ2n) is 13.8. The molecule has 0 unspecified atom stereocenters. The summed E-state index contributed by atoms with van der Waals surface area (Å²) in [6.07, 6.45) is 5.00. The maximum absolute atomic E-state index is 14.2. The van der Waals surface area contributed by atoms with Crippen LogP contribution >= 0.6 is 0 Å². The molecule has 0 bridgehead atoms. The van der Waals surface area contributed by atoms with Crippen molar-refractivity contribution in [2.45, 2.75) is 81.8 Å². The summed E-state index contributed by atoms with van der Waals surface area (Å²) in [4.78, 5) is 26.5. The van der Waals surface area contributed by atoms with Crippen LogP contribution in [0, 0.1) is 11.3 Å². The third-order valence-electron chi connectivity index (χ3n) is 10.2. The zero-order chi connectivity index (χ0) is 33.4. The average Bonchev–Trinajstić information content (AvgIpc) is 3.65. The number of carbonyl (C=O) groups excluding carboxylic acids is 1. The number of fused-ring (bicyclic) bond motifs is 4. The maximum atomic E-state index is 14.2. The number of aromatic nitrogens is 4. The van der Waals surface area contributed by atoms with Crippen molar-refractivity contribution >= 4 is 22.6 Å². The fourth-order valence-corrected chi connectivity index (χ4v) is 7.89. The number of carbonyl (C=O) groups is 1. The van der Waals surface area contributed by atoms with Crippen molar-refractivity contribution in [3.63, 3.8) is 0 Å². The van der Waals surface area contributed by atoms with Gasteiger partial charge in [0.15, 0.2) is 0 Å². The predicted octanol–water partition coefficient (Wildman–Crippen LogP) is 5.91. The van der Waals surface area contributed by atoms with E-state index < -0.39 is 17.4 Å². The number of nitrogens with one attached hydrogen (secondary N) is 1. The number of pyridine rings is 1. The Hall–Kier alpha value is -4.41. The van der Waals surface area contributed by atoms with Crippen LogP contribution in [0.15, 0.2) is 42.9 Å². The number of hydrogen-bond donors (Lipinski definition) is 2. The number of alkyl halides is 3. The fraction of sp³-hybridized carbons (Fsp3) is 0.471. The van der Waals surface area contributed by atoms with E-state index in [9.17, 15) is 28.3 Å². The highest BCUT2D eigenvalue weighted by Crippen LogP contribution is 2.55. The largest absolute Gasteiger partial charge is 0.573 e. The molecule has 3 aliphatic rings. The molecule has 0 radical (unpaired) electrons. The second-order valence-corrected chi connectivity index (χ2v) is 13.8. The molecule has 5 heterocycles. The number of nitrogens with zero attached hydrogens (tertiary/aromatic N) is 6. The third-order valence-corrected chi connectivity index (χ3v) is 10.2. The number of likely N-dealkylation sites (N-methyl/N-ethyl adjacent to an activating group) is 1. The zero-order valence-corrected chi connectivity index (χ0v) is 26.5. The van der Waals surface area contributed by atoms with E-state index in [0.717, 1.165) is 30.2 Å². The summed E-state index contributed by atoms with van der Waals surface area (Å²) in [5.74, 6) is -0.352. The van der Waals surface area contributed by atoms with Crippen molar-refractivity contribution in [2.75, 3.05) is 25.0 Å². The smallest absolute Gasteiger partial charge is 0.406 e. The lowest BCUT2D eigenvalue weighted by atomic mass is 9.68. The summed E-state index contributed by atoms with van der Waals surface area (Å²) in [5.41, 5.74) is 2.77. The van der Waals surface area contributed by atoms with Gasteiger partial charge in [0.25, 0.3) is 0 Å². The van der Waals surface area contributed by atoms with Crippen molar-refractivity contribution in [1.82, 2.24) is 24.6 Å². The van der Waals surface area contributed by atoms with Crippen molar-refractivity contribution in [3.8, 4) is 34.2 Å². The van der Waals surface area contributed by atoms with Gasteiger partial charge in [-0.15, -0.1) is 13.2 Å². The van der Waals surface area contributed by atoms with Crippen LogP contribution < -0.4 is 9.64 Å². The van der Waals surface area contributed by atoms with Gasteiger partial charge in [-0.1, -0.05) is 12.1 Å². The van der Waals surface area contributed by atoms with Crippen LogP contribution in [0.1, 0.15) is 57.9 Å². The van der Waals surface area contributed by atoms with Gasteiger partial charge in [0, 0.05) is 53.9 Å². The van der Waals surface area contributed by atoms with Gasteiger partial charge in [-0.25, -0.2) is 4.98 Å². The van der Waals surface area contributed by atoms with Gasteiger partial charge in [0.1, 0.15) is 11.4 Å². The summed E-state index contributed by atoms with van der Waals surface area (Å²) < 4.78 is 44.8. The first-order chi connectivity index (χ1) is 22.2. The number of nitriles is 1. The number of halogens is 3. The Bertz CT molecular complexity index is 1890. The average molecular weight is 648 g/mol. The monoisotopic (exact) mass is 647 g/mol. The van der Waals surface area contributed by atoms with Crippen LogP contribution in [0.2, 0.25) is 0 Å². The lowest BCUT2D eigenvalue weighted by Crippen LogP contribution is -2.59. The third kappa shape index (κ3) is 5.23. The Labute approximate surface area is 269 Å². The standard InChI is InChI=1S/C34H36F3N7O3/c1-31(2,46)20-44-19-22(17-40-44)28-25(21-5-7-23(8-6-21)47-34(35,36)37)26-27-24(18-39-29(26)41-28)42(3)30(45)33(27)12-15-43(16-13-33)32(11-14-38)9-4-10-32/h5-8,17-19,46H,4,9-13,15-16,20H2,1-3H3,(H,39,41). The number of hydrogen-bond acceptors (Lipinski definition) is 7. The van der Waals surface area contributed by atoms with E-state index in [1.165, 1.54) is 12.1 Å². The molecule has 1 spiro atoms. The fourth-order valence-electron chi connectivity index (χ4n) is 7.89. The molecule has 1 saturated heterocycles. The molecule has 2 N–H and O–H groups in total. The molecule has 13 heteroatoms. The number of amides is 1. The lowest BCUT2D eigenvalue weighted by Gasteiger charge is -2.53. The zero-order valence-electron chi connectivity index (χ0n) is 26.5. The summed E-state index contributed by atoms with van der Waals surface area (Å²) in [6.45, 7) is 4.96. The van der Waals surface area contributed by atoms with Crippen molar-refractivity contribution in [3.05, 3.63) is 48.4 Å². The lowest BCUT2D eigenvalue weighted by molar-refractivity contribution is -0.274. The first-order valence-corrected chi connectivity index (χ1v) is 15.8. The van der Waals surface area contributed by atoms with Gasteiger partial charge in [0.2, 0.25) is 5.91 Å². The second kappa shape index (κ2) is 10.8. The minimum atomic E-state index is -4.83. The molecular weight excluding hydrogens is 611 g/mol. The van der Waals surface area contributed by atoms with E-state index in [4.69, 9.17) is 4.98 Å². The van der Waals surface area contributed by atoms with E-state index in [0.29, 0.717) is 66.1 Å². The molecule has 246 valence electrons. The Kier molecular flexibility index (Phi) is 7.18. The number of anilines is 1. The number of aromatic amines is 1. The van der Waals surface area contributed by atoms with Gasteiger partial charge in [0.05, 0.1) is 53.8 Å². The Balaban J connectivity index is 1.39. The Morgan fingerprint density at radius 1 is 1.09 bits per heavy atom. The van der Waals surface area contributed by atoms with Crippen LogP contribution in [-0.2, 0) is 16.8 Å². The highest BCUT2D eigenvalue weighted by atomic mass is 19.4. The minimum absolute atomic E-state index is 0.00925. The number of likely N-dealkylation sites (tertiary alicyclic amines) is 1. The van der Waals surface area contributed by atoms with Crippen LogP contribution in [0.25, 0.3) is 33.4 Å². The van der Waals surface area contributed by atoms with Crippen molar-refractivity contribution in [1.29, 1.82) is 5.26 Å². The number of benzene rings is 1. The highest BCUT2D eigenvalue weighted by molar-refractivity contribution is 6.16. The van der Waals surface area contributed by atoms with Crippen molar-refractivity contribution < 1.29 is 27.8 Å². The minimum Gasteiger partial charge on any atom is -0.406 e. The molecular formula is C34H36F3N7O3. The molecule has 47 heavy (non-hydrogen) atoms. The van der Waals surface area contributed by atoms with Gasteiger partial charge in [-0.2, -0.15) is 10.4 Å². The number of piperidine rings is 1. The van der Waals surface area contributed by atoms with Gasteiger partial charge >= 0.3 is 6.36 Å². The predicted molar refractivity (Wildman–Crippen MR) is 168 cm³/mol. The van der Waals surface area contributed by atoms with E-state index in [1.807, 2.05) is 0 Å². The molecule has 3 aromatic heterocycles. The van der Waals surface area contributed by atoms with Crippen LogP contribution in [0.5, 0.6) is 5.75 Å². The maximum Gasteiger partial charge on any atom is 0.573 e. The SMILES string of the molecule is CN1C(=O)C2(CCN(C3(CC#N)CCC3)CC2)c2c1cnc1[nH]c(-c3cnn(CC(C)(C)O)c3)c(-c3ccc(OC(F)(F)F)cc3)c21. The van der Waals surface area contributed by atoms with E-state index >= 15 is 0 Å². The molecule has 1 aromatic carbocycles. The van der Waals surface area contributed by atoms with Crippen LogP contribution in [-0.4, -0.2) is 73.3 Å². The molecule has 0 atom stereocenters. The number of aliphatic hydroxyl groups is 1. The van der Waals surface area contributed by atoms with E-state index in [-0.39, 0.29) is 23.7 Å². The van der Waals surface area contributed by atoms with Gasteiger partial charge in [-0.05, 0) is 63.6 Å². The molecule has 10 nitrogen and oxygen atoms in total. The summed E-state index contributed by atoms with van der Waals surface area (Å²) in [6, 6.07) is 8.08. The molecule has 1 saturated carbocycles. The molecule has 1 amide bonds. The number of ether oxygens (including phenoxy) is 1. The van der Waals surface area contributed by atoms with E-state index in [2.05, 4.69) is 25.8 Å². The number of H-pyrrole nitrogens is 1. The summed E-state index contributed by atoms with van der Waals surface area (Å²) in [5, 5.41) is 25.1. The normalized spacial score (nSPS) is 19.2. The molecule has 2 fully saturated rings. The quantitative estimate of drug-likeness (QED) is 0.256.